The number of fused-ring (bicyclic) bond motifs is 1. The number of amides is 2. The van der Waals surface area contributed by atoms with Gasteiger partial charge in [0.05, 0.1) is 10.9 Å². The summed E-state index contributed by atoms with van der Waals surface area (Å²) >= 11 is 0. The summed E-state index contributed by atoms with van der Waals surface area (Å²) in [6.07, 6.45) is -4.89. The van der Waals surface area contributed by atoms with E-state index in [2.05, 4.69) is 20.9 Å². The number of carbonyl (C=O) groups is 1. The molecule has 0 bridgehead atoms. The highest BCUT2D eigenvalue weighted by molar-refractivity contribution is 6.00. The van der Waals surface area contributed by atoms with E-state index >= 15 is 0 Å². The van der Waals surface area contributed by atoms with Crippen LogP contribution in [0, 0.1) is 0 Å². The maximum atomic E-state index is 14.2. The zero-order valence-electron chi connectivity index (χ0n) is 19.7. The molecule has 3 aromatic carbocycles. The van der Waals surface area contributed by atoms with Crippen molar-refractivity contribution in [2.75, 3.05) is 16.0 Å². The molecule has 190 valence electrons. The Bertz CT molecular complexity index is 1660. The van der Waals surface area contributed by atoms with E-state index in [0.29, 0.717) is 23.1 Å². The molecule has 0 spiro atoms. The number of pyridine rings is 2. The lowest BCUT2D eigenvalue weighted by atomic mass is 10.1. The number of para-hydroxylation sites is 3. The summed E-state index contributed by atoms with van der Waals surface area (Å²) in [5.74, 6) is -0.175. The Hall–Kier alpha value is -5.12. The molecule has 0 aliphatic rings. The van der Waals surface area contributed by atoms with Crippen LogP contribution >= 0.6 is 0 Å². The molecule has 0 aliphatic heterocycles. The highest BCUT2D eigenvalue weighted by atomic mass is 19.4. The van der Waals surface area contributed by atoms with Gasteiger partial charge in [0.25, 0.3) is 0 Å². The predicted octanol–water partition coefficient (Wildman–Crippen LogP) is 6.79. The molecule has 10 heteroatoms. The molecule has 0 aliphatic carbocycles. The van der Waals surface area contributed by atoms with Gasteiger partial charge in [-0.3, -0.25) is 14.7 Å². The van der Waals surface area contributed by atoms with Crippen LogP contribution in [-0.4, -0.2) is 15.6 Å². The first-order valence-electron chi connectivity index (χ1n) is 11.5. The maximum Gasteiger partial charge on any atom is 0.417 e. The number of alkyl halides is 3. The van der Waals surface area contributed by atoms with Crippen LogP contribution in [0.25, 0.3) is 16.7 Å². The summed E-state index contributed by atoms with van der Waals surface area (Å²) in [5, 5.41) is 7.39. The molecule has 2 aromatic heterocycles. The van der Waals surface area contributed by atoms with Gasteiger partial charge in [-0.1, -0.05) is 54.6 Å². The summed E-state index contributed by atoms with van der Waals surface area (Å²) < 4.78 is 44.1. The van der Waals surface area contributed by atoms with Gasteiger partial charge in [-0.15, -0.1) is 0 Å². The number of carbonyl (C=O) groups excluding carboxylic acids is 1. The zero-order chi connectivity index (χ0) is 26.7. The van der Waals surface area contributed by atoms with E-state index in [9.17, 15) is 22.8 Å². The standard InChI is InChI=1S/C28H20F3N5O2/c29-28(30,31)21-16-23(35-27(38)33-19-12-6-2-7-13-19)34-26-25(21)22(37)17-24(32-18-10-4-1-5-11-18)36(26)20-14-8-3-9-15-20/h1-17,32H,(H2,33,34,35,38). The predicted molar refractivity (Wildman–Crippen MR) is 141 cm³/mol. The first-order valence-corrected chi connectivity index (χ1v) is 11.5. The number of nitrogens with zero attached hydrogens (tertiary/aromatic N) is 2. The highest BCUT2D eigenvalue weighted by Crippen LogP contribution is 2.36. The van der Waals surface area contributed by atoms with Gasteiger partial charge < -0.3 is 10.6 Å². The lowest BCUT2D eigenvalue weighted by Gasteiger charge is -2.20. The van der Waals surface area contributed by atoms with E-state index in [1.807, 2.05) is 6.07 Å². The molecule has 0 saturated carbocycles. The quantitative estimate of drug-likeness (QED) is 0.240. The number of benzene rings is 3. The number of hydrogen-bond donors (Lipinski definition) is 3. The molecule has 2 heterocycles. The average Bonchev–Trinajstić information content (AvgIpc) is 2.89. The van der Waals surface area contributed by atoms with Gasteiger partial charge in [-0.05, 0) is 42.5 Å². The summed E-state index contributed by atoms with van der Waals surface area (Å²) in [6.45, 7) is 0. The first-order chi connectivity index (χ1) is 18.3. The fraction of sp³-hybridized carbons (Fsp3) is 0.0357. The molecule has 5 rings (SSSR count). The van der Waals surface area contributed by atoms with Crippen molar-refractivity contribution < 1.29 is 18.0 Å². The Morgan fingerprint density at radius 2 is 1.34 bits per heavy atom. The van der Waals surface area contributed by atoms with Crippen molar-refractivity contribution in [2.45, 2.75) is 6.18 Å². The number of nitrogens with one attached hydrogen (secondary N) is 3. The van der Waals surface area contributed by atoms with Crippen LogP contribution in [0.4, 0.5) is 41.0 Å². The van der Waals surface area contributed by atoms with Gasteiger partial charge in [-0.2, -0.15) is 13.2 Å². The first kappa shape index (κ1) is 24.6. The van der Waals surface area contributed by atoms with Gasteiger partial charge in [0.2, 0.25) is 0 Å². The van der Waals surface area contributed by atoms with Crippen LogP contribution < -0.4 is 21.4 Å². The van der Waals surface area contributed by atoms with Crippen molar-refractivity contribution in [1.29, 1.82) is 0 Å². The van der Waals surface area contributed by atoms with Crippen molar-refractivity contribution in [3.8, 4) is 5.69 Å². The summed E-state index contributed by atoms with van der Waals surface area (Å²) in [6, 6.07) is 26.8. The molecule has 7 nitrogen and oxygen atoms in total. The molecular weight excluding hydrogens is 495 g/mol. The van der Waals surface area contributed by atoms with Crippen molar-refractivity contribution in [2.24, 2.45) is 0 Å². The second-order valence-electron chi connectivity index (χ2n) is 8.25. The Morgan fingerprint density at radius 1 is 0.763 bits per heavy atom. The molecule has 0 unspecified atom stereocenters. The van der Waals surface area contributed by atoms with Crippen molar-refractivity contribution in [3.63, 3.8) is 0 Å². The van der Waals surface area contributed by atoms with E-state index < -0.39 is 28.6 Å². The normalized spacial score (nSPS) is 11.2. The maximum absolute atomic E-state index is 14.2. The molecule has 0 radical (unpaired) electrons. The number of hydrogen-bond acceptors (Lipinski definition) is 4. The Kier molecular flexibility index (Phi) is 6.53. The zero-order valence-corrected chi connectivity index (χ0v) is 19.7. The number of aromatic nitrogens is 2. The number of urea groups is 1. The number of anilines is 4. The minimum Gasteiger partial charge on any atom is -0.341 e. The highest BCUT2D eigenvalue weighted by Gasteiger charge is 2.36. The Balaban J connectivity index is 1.72. The molecule has 38 heavy (non-hydrogen) atoms. The monoisotopic (exact) mass is 515 g/mol. The number of halogens is 3. The molecular formula is C28H20F3N5O2. The molecule has 0 saturated heterocycles. The van der Waals surface area contributed by atoms with Crippen LogP contribution in [0.3, 0.4) is 0 Å². The van der Waals surface area contributed by atoms with Crippen molar-refractivity contribution in [3.05, 3.63) is 119 Å². The fourth-order valence-corrected chi connectivity index (χ4v) is 4.00. The molecule has 0 atom stereocenters. The van der Waals surface area contributed by atoms with Crippen LogP contribution in [-0.2, 0) is 6.18 Å². The minimum atomic E-state index is -4.89. The summed E-state index contributed by atoms with van der Waals surface area (Å²) in [5.41, 5.74) is -0.834. The second-order valence-corrected chi connectivity index (χ2v) is 8.25. The van der Waals surface area contributed by atoms with Crippen LogP contribution in [0.15, 0.2) is 108 Å². The third kappa shape index (κ3) is 5.19. The summed E-state index contributed by atoms with van der Waals surface area (Å²) in [7, 11) is 0. The second kappa shape index (κ2) is 10.1. The third-order valence-corrected chi connectivity index (χ3v) is 5.61. The van der Waals surface area contributed by atoms with Gasteiger partial charge in [0, 0.05) is 23.1 Å². The van der Waals surface area contributed by atoms with E-state index in [-0.39, 0.29) is 17.3 Å². The van der Waals surface area contributed by atoms with E-state index in [0.717, 1.165) is 6.07 Å². The van der Waals surface area contributed by atoms with Crippen LogP contribution in [0.1, 0.15) is 5.56 Å². The van der Waals surface area contributed by atoms with Gasteiger partial charge in [0.1, 0.15) is 11.6 Å². The Morgan fingerprint density at radius 3 is 1.95 bits per heavy atom. The largest absolute Gasteiger partial charge is 0.417 e. The molecule has 2 amide bonds. The SMILES string of the molecule is O=C(Nc1ccccc1)Nc1cc(C(F)(F)F)c2c(=O)cc(Nc3ccccc3)n(-c3ccccc3)c2n1. The van der Waals surface area contributed by atoms with Crippen molar-refractivity contribution in [1.82, 2.24) is 9.55 Å². The van der Waals surface area contributed by atoms with Gasteiger partial charge >= 0.3 is 12.2 Å². The lowest BCUT2D eigenvalue weighted by molar-refractivity contribution is -0.136. The molecule has 3 N–H and O–H groups in total. The van der Waals surface area contributed by atoms with Gasteiger partial charge in [-0.25, -0.2) is 9.78 Å². The minimum absolute atomic E-state index is 0.200. The molecule has 5 aromatic rings. The van der Waals surface area contributed by atoms with Crippen molar-refractivity contribution >= 4 is 40.1 Å². The van der Waals surface area contributed by atoms with Crippen LogP contribution in [0.2, 0.25) is 0 Å². The van der Waals surface area contributed by atoms with E-state index in [1.54, 1.807) is 84.9 Å². The molecule has 0 fully saturated rings. The third-order valence-electron chi connectivity index (χ3n) is 5.61. The fourth-order valence-electron chi connectivity index (χ4n) is 4.00. The van der Waals surface area contributed by atoms with E-state index in [1.165, 1.54) is 4.57 Å². The smallest absolute Gasteiger partial charge is 0.341 e. The Labute approximate surface area is 214 Å². The average molecular weight is 515 g/mol. The number of rotatable bonds is 5. The van der Waals surface area contributed by atoms with Crippen LogP contribution in [0.5, 0.6) is 0 Å². The van der Waals surface area contributed by atoms with E-state index in [4.69, 9.17) is 0 Å². The lowest BCUT2D eigenvalue weighted by Crippen LogP contribution is -2.23. The van der Waals surface area contributed by atoms with Gasteiger partial charge in [0.15, 0.2) is 11.1 Å². The topological polar surface area (TPSA) is 88.0 Å². The summed E-state index contributed by atoms with van der Waals surface area (Å²) in [4.78, 5) is 30.0.